The molecular formula is C13H15N3O. The van der Waals surface area contributed by atoms with E-state index >= 15 is 0 Å². The Kier molecular flexibility index (Phi) is 3.23. The number of benzene rings is 1. The normalized spacial score (nSPS) is 10.2. The highest BCUT2D eigenvalue weighted by Crippen LogP contribution is 2.27. The van der Waals surface area contributed by atoms with E-state index in [-0.39, 0.29) is 0 Å². The van der Waals surface area contributed by atoms with Gasteiger partial charge in [0.05, 0.1) is 5.56 Å². The summed E-state index contributed by atoms with van der Waals surface area (Å²) in [5.74, 6) is 1.81. The molecule has 2 rings (SSSR count). The van der Waals surface area contributed by atoms with Gasteiger partial charge in [-0.3, -0.25) is 0 Å². The van der Waals surface area contributed by atoms with E-state index in [4.69, 9.17) is 10.5 Å². The summed E-state index contributed by atoms with van der Waals surface area (Å²) < 4.78 is 5.78. The van der Waals surface area contributed by atoms with E-state index in [0.29, 0.717) is 11.7 Å². The number of nitrogens with two attached hydrogens (primary N) is 1. The standard InChI is InChI=1S/C13H15N3O/c1-3-10-12(14)15-8-16-13(10)17-11-7-5-4-6-9(11)2/h4-8H,3H2,1-2H3,(H2,14,15,16). The number of hydrogen-bond donors (Lipinski definition) is 1. The minimum atomic E-state index is 0.478. The van der Waals surface area contributed by atoms with Gasteiger partial charge in [-0.2, -0.15) is 0 Å². The number of aromatic nitrogens is 2. The van der Waals surface area contributed by atoms with Crippen LogP contribution < -0.4 is 10.5 Å². The van der Waals surface area contributed by atoms with Crippen LogP contribution >= 0.6 is 0 Å². The fraction of sp³-hybridized carbons (Fsp3) is 0.231. The Morgan fingerprint density at radius 1 is 1.24 bits per heavy atom. The SMILES string of the molecule is CCc1c(N)ncnc1Oc1ccccc1C. The first-order valence-electron chi connectivity index (χ1n) is 5.55. The van der Waals surface area contributed by atoms with Gasteiger partial charge in [-0.15, -0.1) is 0 Å². The summed E-state index contributed by atoms with van der Waals surface area (Å²) in [7, 11) is 0. The van der Waals surface area contributed by atoms with E-state index < -0.39 is 0 Å². The molecule has 1 aromatic heterocycles. The Morgan fingerprint density at radius 3 is 2.71 bits per heavy atom. The van der Waals surface area contributed by atoms with Gasteiger partial charge in [0, 0.05) is 0 Å². The quantitative estimate of drug-likeness (QED) is 0.879. The molecule has 0 atom stereocenters. The monoisotopic (exact) mass is 229 g/mol. The molecule has 1 heterocycles. The summed E-state index contributed by atoms with van der Waals surface area (Å²) in [4.78, 5) is 8.09. The van der Waals surface area contributed by atoms with Crippen molar-refractivity contribution in [3.8, 4) is 11.6 Å². The van der Waals surface area contributed by atoms with Gasteiger partial charge in [-0.1, -0.05) is 25.1 Å². The van der Waals surface area contributed by atoms with Crippen molar-refractivity contribution in [1.82, 2.24) is 9.97 Å². The highest BCUT2D eigenvalue weighted by Gasteiger charge is 2.10. The molecule has 2 N–H and O–H groups in total. The first kappa shape index (κ1) is 11.4. The molecule has 0 spiro atoms. The molecule has 0 saturated heterocycles. The van der Waals surface area contributed by atoms with Crippen molar-refractivity contribution >= 4 is 5.82 Å². The zero-order valence-corrected chi connectivity index (χ0v) is 9.97. The summed E-state index contributed by atoms with van der Waals surface area (Å²) in [5, 5.41) is 0. The van der Waals surface area contributed by atoms with Crippen LogP contribution in [0.15, 0.2) is 30.6 Å². The van der Waals surface area contributed by atoms with Crippen LogP contribution in [0.25, 0.3) is 0 Å². The van der Waals surface area contributed by atoms with E-state index in [1.807, 2.05) is 38.1 Å². The van der Waals surface area contributed by atoms with Crippen molar-refractivity contribution in [3.05, 3.63) is 41.7 Å². The van der Waals surface area contributed by atoms with Crippen LogP contribution in [-0.2, 0) is 6.42 Å². The molecule has 0 aliphatic rings. The molecule has 0 unspecified atom stereocenters. The van der Waals surface area contributed by atoms with Crippen LogP contribution in [-0.4, -0.2) is 9.97 Å². The van der Waals surface area contributed by atoms with Crippen LogP contribution in [0.3, 0.4) is 0 Å². The maximum absolute atomic E-state index is 5.79. The predicted octanol–water partition coefficient (Wildman–Crippen LogP) is 2.72. The number of hydrogen-bond acceptors (Lipinski definition) is 4. The van der Waals surface area contributed by atoms with E-state index in [0.717, 1.165) is 23.3 Å². The number of anilines is 1. The second-order valence-electron chi connectivity index (χ2n) is 3.76. The van der Waals surface area contributed by atoms with E-state index in [2.05, 4.69) is 9.97 Å². The minimum Gasteiger partial charge on any atom is -0.438 e. The Balaban J connectivity index is 2.37. The lowest BCUT2D eigenvalue weighted by molar-refractivity contribution is 0.452. The fourth-order valence-electron chi connectivity index (χ4n) is 1.60. The van der Waals surface area contributed by atoms with Crippen LogP contribution in [0.1, 0.15) is 18.1 Å². The molecule has 88 valence electrons. The molecule has 1 aromatic carbocycles. The van der Waals surface area contributed by atoms with E-state index in [1.54, 1.807) is 0 Å². The zero-order chi connectivity index (χ0) is 12.3. The summed E-state index contributed by atoms with van der Waals surface area (Å²) in [6.07, 6.45) is 2.16. The maximum atomic E-state index is 5.79. The average Bonchev–Trinajstić information content (AvgIpc) is 2.32. The number of aryl methyl sites for hydroxylation is 1. The summed E-state index contributed by atoms with van der Waals surface area (Å²) >= 11 is 0. The Labute approximate surface area is 100 Å². The molecule has 2 aromatic rings. The van der Waals surface area contributed by atoms with Gasteiger partial charge >= 0.3 is 0 Å². The second kappa shape index (κ2) is 4.82. The molecule has 17 heavy (non-hydrogen) atoms. The van der Waals surface area contributed by atoms with E-state index in [9.17, 15) is 0 Å². The van der Waals surface area contributed by atoms with Gasteiger partial charge in [-0.05, 0) is 25.0 Å². The maximum Gasteiger partial charge on any atom is 0.227 e. The summed E-state index contributed by atoms with van der Waals surface area (Å²) in [6.45, 7) is 3.99. The number of para-hydroxylation sites is 1. The molecule has 0 amide bonds. The molecular weight excluding hydrogens is 214 g/mol. The third kappa shape index (κ3) is 2.36. The van der Waals surface area contributed by atoms with E-state index in [1.165, 1.54) is 6.33 Å². The molecule has 4 nitrogen and oxygen atoms in total. The second-order valence-corrected chi connectivity index (χ2v) is 3.76. The predicted molar refractivity (Wildman–Crippen MR) is 67.1 cm³/mol. The highest BCUT2D eigenvalue weighted by atomic mass is 16.5. The molecule has 0 aliphatic heterocycles. The first-order valence-corrected chi connectivity index (χ1v) is 5.55. The van der Waals surface area contributed by atoms with Crippen LogP contribution in [0.5, 0.6) is 11.6 Å². The van der Waals surface area contributed by atoms with Crippen LogP contribution in [0, 0.1) is 6.92 Å². The average molecular weight is 229 g/mol. The molecule has 0 fully saturated rings. The molecule has 4 heteroatoms. The number of rotatable bonds is 3. The Morgan fingerprint density at radius 2 is 2.00 bits per heavy atom. The van der Waals surface area contributed by atoms with Crippen molar-refractivity contribution in [3.63, 3.8) is 0 Å². The van der Waals surface area contributed by atoms with Crippen molar-refractivity contribution in [2.45, 2.75) is 20.3 Å². The summed E-state index contributed by atoms with van der Waals surface area (Å²) in [6, 6.07) is 7.80. The summed E-state index contributed by atoms with van der Waals surface area (Å²) in [5.41, 5.74) is 7.70. The lowest BCUT2D eigenvalue weighted by atomic mass is 10.2. The van der Waals surface area contributed by atoms with Gasteiger partial charge in [0.2, 0.25) is 5.88 Å². The topological polar surface area (TPSA) is 61.0 Å². The van der Waals surface area contributed by atoms with Crippen molar-refractivity contribution in [2.75, 3.05) is 5.73 Å². The van der Waals surface area contributed by atoms with Crippen LogP contribution in [0.4, 0.5) is 5.82 Å². The fourth-order valence-corrected chi connectivity index (χ4v) is 1.60. The van der Waals surface area contributed by atoms with Crippen LogP contribution in [0.2, 0.25) is 0 Å². The Hall–Kier alpha value is -2.10. The van der Waals surface area contributed by atoms with Crippen molar-refractivity contribution in [1.29, 1.82) is 0 Å². The van der Waals surface area contributed by atoms with Gasteiger partial charge < -0.3 is 10.5 Å². The van der Waals surface area contributed by atoms with Crippen molar-refractivity contribution < 1.29 is 4.74 Å². The lowest BCUT2D eigenvalue weighted by Crippen LogP contribution is -2.02. The largest absolute Gasteiger partial charge is 0.438 e. The Bertz CT molecular complexity index is 526. The third-order valence-electron chi connectivity index (χ3n) is 2.59. The lowest BCUT2D eigenvalue weighted by Gasteiger charge is -2.11. The highest BCUT2D eigenvalue weighted by molar-refractivity contribution is 5.46. The number of nitrogen functional groups attached to an aromatic ring is 1. The van der Waals surface area contributed by atoms with Crippen molar-refractivity contribution in [2.24, 2.45) is 0 Å². The molecule has 0 radical (unpaired) electrons. The number of nitrogens with zero attached hydrogens (tertiary/aromatic N) is 2. The minimum absolute atomic E-state index is 0.478. The van der Waals surface area contributed by atoms with Gasteiger partial charge in [0.1, 0.15) is 17.9 Å². The number of ether oxygens (including phenoxy) is 1. The van der Waals surface area contributed by atoms with Gasteiger partial charge in [-0.25, -0.2) is 9.97 Å². The van der Waals surface area contributed by atoms with Gasteiger partial charge in [0.15, 0.2) is 0 Å². The molecule has 0 saturated carbocycles. The first-order chi connectivity index (χ1) is 8.22. The third-order valence-corrected chi connectivity index (χ3v) is 2.59. The van der Waals surface area contributed by atoms with Gasteiger partial charge in [0.25, 0.3) is 0 Å². The molecule has 0 bridgehead atoms. The zero-order valence-electron chi connectivity index (χ0n) is 9.97. The smallest absolute Gasteiger partial charge is 0.227 e. The molecule has 0 aliphatic carbocycles.